The van der Waals surface area contributed by atoms with Gasteiger partial charge in [-0.25, -0.2) is 0 Å². The van der Waals surface area contributed by atoms with Crippen LogP contribution in [0.25, 0.3) is 87.4 Å². The number of hydrogen-bond donors (Lipinski definition) is 0. The molecule has 5 aromatic carbocycles. The van der Waals surface area contributed by atoms with E-state index in [1.165, 1.54) is 32.7 Å². The summed E-state index contributed by atoms with van der Waals surface area (Å²) in [6.45, 7) is 0. The zero-order chi connectivity index (χ0) is 27.6. The van der Waals surface area contributed by atoms with Crippen LogP contribution >= 0.6 is 0 Å². The third-order valence-electron chi connectivity index (χ3n) is 8.35. The molecule has 0 radical (unpaired) electrons. The molecule has 0 unspecified atom stereocenters. The summed E-state index contributed by atoms with van der Waals surface area (Å²) in [6.07, 6.45) is 7.61. The molecule has 4 heteroatoms. The van der Waals surface area contributed by atoms with Crippen LogP contribution in [0.4, 0.5) is 0 Å². The first kappa shape index (κ1) is 23.0. The zero-order valence-corrected chi connectivity index (χ0v) is 22.5. The van der Waals surface area contributed by atoms with E-state index in [4.69, 9.17) is 9.97 Å². The fourth-order valence-electron chi connectivity index (χ4n) is 6.32. The van der Waals surface area contributed by atoms with Crippen molar-refractivity contribution >= 4 is 65.2 Å². The van der Waals surface area contributed by atoms with Crippen LogP contribution in [0.2, 0.25) is 0 Å². The molecule has 42 heavy (non-hydrogen) atoms. The van der Waals surface area contributed by atoms with Crippen LogP contribution in [-0.4, -0.2) is 19.9 Å². The molecule has 0 atom stereocenters. The number of rotatable bonds is 2. The molecule has 194 valence electrons. The number of aromatic nitrogens is 4. The summed E-state index contributed by atoms with van der Waals surface area (Å²) < 4.78 is 0. The Hall–Kier alpha value is -5.74. The Morgan fingerprint density at radius 1 is 0.333 bits per heavy atom. The Labute approximate surface area is 241 Å². The number of hydrogen-bond acceptors (Lipinski definition) is 4. The maximum absolute atomic E-state index is 4.88. The Morgan fingerprint density at radius 3 is 1.26 bits per heavy atom. The average molecular weight is 535 g/mol. The standard InChI is InChI=1S/C38H22N4/c1-5-25-19-34-26(6-2-10-32(34)30-18-28-14-12-24-8-4-16-40-36(24)38(28)42-22-30)20-33(25)31(9-1)29-17-27-13-11-23-7-3-15-39-35(23)37(27)41-21-29/h1-22H. The fourth-order valence-corrected chi connectivity index (χ4v) is 6.32. The van der Waals surface area contributed by atoms with Gasteiger partial charge in [0.15, 0.2) is 0 Å². The molecule has 4 nitrogen and oxygen atoms in total. The number of nitrogens with zero attached hydrogens (tertiary/aromatic N) is 4. The highest BCUT2D eigenvalue weighted by Gasteiger charge is 2.12. The van der Waals surface area contributed by atoms with E-state index in [1.54, 1.807) is 0 Å². The van der Waals surface area contributed by atoms with Gasteiger partial charge in [-0.05, 0) is 69.1 Å². The number of pyridine rings is 4. The average Bonchev–Trinajstić information content (AvgIpc) is 3.06. The summed E-state index contributed by atoms with van der Waals surface area (Å²) in [5, 5.41) is 9.17. The maximum atomic E-state index is 4.88. The predicted molar refractivity (Wildman–Crippen MR) is 174 cm³/mol. The summed E-state index contributed by atoms with van der Waals surface area (Å²) in [4.78, 5) is 18.9. The molecule has 0 spiro atoms. The van der Waals surface area contributed by atoms with Gasteiger partial charge in [0.05, 0.1) is 22.1 Å². The van der Waals surface area contributed by atoms with Crippen molar-refractivity contribution in [3.8, 4) is 22.3 Å². The van der Waals surface area contributed by atoms with Gasteiger partial charge in [0, 0.05) is 57.5 Å². The Morgan fingerprint density at radius 2 is 0.762 bits per heavy atom. The second-order valence-corrected chi connectivity index (χ2v) is 10.8. The van der Waals surface area contributed by atoms with Gasteiger partial charge in [0.2, 0.25) is 0 Å². The summed E-state index contributed by atoms with van der Waals surface area (Å²) in [7, 11) is 0. The highest BCUT2D eigenvalue weighted by Crippen LogP contribution is 2.37. The lowest BCUT2D eigenvalue weighted by molar-refractivity contribution is 1.37. The normalized spacial score (nSPS) is 11.8. The molecule has 4 heterocycles. The summed E-state index contributed by atoms with van der Waals surface area (Å²) >= 11 is 0. The van der Waals surface area contributed by atoms with Gasteiger partial charge in [-0.15, -0.1) is 0 Å². The van der Waals surface area contributed by atoms with E-state index in [0.29, 0.717) is 0 Å². The summed E-state index contributed by atoms with van der Waals surface area (Å²) in [6, 6.07) is 38.7. The zero-order valence-electron chi connectivity index (χ0n) is 22.5. The molecule has 9 aromatic rings. The summed E-state index contributed by atoms with van der Waals surface area (Å²) in [5.74, 6) is 0. The smallest absolute Gasteiger partial charge is 0.0964 e. The highest BCUT2D eigenvalue weighted by molar-refractivity contribution is 6.11. The van der Waals surface area contributed by atoms with Gasteiger partial charge in [-0.3, -0.25) is 19.9 Å². The van der Waals surface area contributed by atoms with Crippen LogP contribution < -0.4 is 0 Å². The van der Waals surface area contributed by atoms with E-state index < -0.39 is 0 Å². The lowest BCUT2D eigenvalue weighted by Gasteiger charge is -2.13. The van der Waals surface area contributed by atoms with Crippen LogP contribution in [-0.2, 0) is 0 Å². The third kappa shape index (κ3) is 3.49. The van der Waals surface area contributed by atoms with Crippen molar-refractivity contribution in [2.24, 2.45) is 0 Å². The monoisotopic (exact) mass is 534 g/mol. The molecule has 0 saturated heterocycles. The van der Waals surface area contributed by atoms with Gasteiger partial charge in [-0.1, -0.05) is 72.8 Å². The predicted octanol–water partition coefficient (Wildman–Crippen LogP) is 9.52. The van der Waals surface area contributed by atoms with Crippen molar-refractivity contribution in [3.63, 3.8) is 0 Å². The Bertz CT molecular complexity index is 2360. The lowest BCUT2D eigenvalue weighted by Crippen LogP contribution is -1.89. The molecule has 9 rings (SSSR count). The molecule has 0 N–H and O–H groups in total. The minimum absolute atomic E-state index is 0.931. The van der Waals surface area contributed by atoms with Gasteiger partial charge in [0.1, 0.15) is 0 Å². The van der Waals surface area contributed by atoms with Crippen molar-refractivity contribution in [1.82, 2.24) is 19.9 Å². The van der Waals surface area contributed by atoms with E-state index in [2.05, 4.69) is 107 Å². The molecule has 4 aromatic heterocycles. The second-order valence-electron chi connectivity index (χ2n) is 10.8. The van der Waals surface area contributed by atoms with Crippen molar-refractivity contribution in [2.45, 2.75) is 0 Å². The van der Waals surface area contributed by atoms with Crippen LogP contribution in [0, 0.1) is 0 Å². The molecule has 0 aliphatic carbocycles. The van der Waals surface area contributed by atoms with Gasteiger partial charge >= 0.3 is 0 Å². The molecule has 0 fully saturated rings. The van der Waals surface area contributed by atoms with Crippen LogP contribution in [0.5, 0.6) is 0 Å². The minimum Gasteiger partial charge on any atom is -0.254 e. The SMILES string of the molecule is c1cc(-c2cnc3c(ccc4cccnc43)c2)c2cc3cccc(-c4cnc5c(ccc6cccnc65)c4)c3cc2c1. The quantitative estimate of drug-likeness (QED) is 0.164. The molecule has 0 aliphatic heterocycles. The van der Waals surface area contributed by atoms with Crippen LogP contribution in [0.15, 0.2) is 134 Å². The van der Waals surface area contributed by atoms with Crippen LogP contribution in [0.1, 0.15) is 0 Å². The highest BCUT2D eigenvalue weighted by atomic mass is 14.7. The first-order valence-corrected chi connectivity index (χ1v) is 14.0. The first-order valence-electron chi connectivity index (χ1n) is 14.0. The van der Waals surface area contributed by atoms with E-state index in [1.807, 2.05) is 36.9 Å². The van der Waals surface area contributed by atoms with Crippen molar-refractivity contribution in [2.75, 3.05) is 0 Å². The maximum Gasteiger partial charge on any atom is 0.0964 e. The third-order valence-corrected chi connectivity index (χ3v) is 8.35. The molecule has 0 aliphatic rings. The van der Waals surface area contributed by atoms with Crippen molar-refractivity contribution < 1.29 is 0 Å². The molecule has 0 amide bonds. The van der Waals surface area contributed by atoms with Gasteiger partial charge < -0.3 is 0 Å². The molecule has 0 bridgehead atoms. The molecular formula is C38H22N4. The number of benzene rings is 5. The summed E-state index contributed by atoms with van der Waals surface area (Å²) in [5.41, 5.74) is 8.26. The second kappa shape index (κ2) is 8.88. The largest absolute Gasteiger partial charge is 0.254 e. The van der Waals surface area contributed by atoms with Crippen molar-refractivity contribution in [1.29, 1.82) is 0 Å². The minimum atomic E-state index is 0.931. The van der Waals surface area contributed by atoms with Crippen molar-refractivity contribution in [3.05, 3.63) is 134 Å². The topological polar surface area (TPSA) is 51.6 Å². The van der Waals surface area contributed by atoms with E-state index in [0.717, 1.165) is 54.7 Å². The van der Waals surface area contributed by atoms with Gasteiger partial charge in [-0.2, -0.15) is 0 Å². The van der Waals surface area contributed by atoms with E-state index in [9.17, 15) is 0 Å². The number of fused-ring (bicyclic) bond motifs is 8. The Balaban J connectivity index is 1.21. The lowest BCUT2D eigenvalue weighted by atomic mass is 9.92. The fraction of sp³-hybridized carbons (Fsp3) is 0. The first-order chi connectivity index (χ1) is 20.8. The van der Waals surface area contributed by atoms with E-state index in [-0.39, 0.29) is 0 Å². The van der Waals surface area contributed by atoms with Gasteiger partial charge in [0.25, 0.3) is 0 Å². The Kier molecular flexibility index (Phi) is 4.87. The van der Waals surface area contributed by atoms with Crippen LogP contribution in [0.3, 0.4) is 0 Å². The molecule has 0 saturated carbocycles. The van der Waals surface area contributed by atoms with E-state index >= 15 is 0 Å². The molecular weight excluding hydrogens is 512 g/mol.